The van der Waals surface area contributed by atoms with E-state index in [1.54, 1.807) is 12.1 Å². The predicted octanol–water partition coefficient (Wildman–Crippen LogP) is 3.96. The molecule has 0 amide bonds. The minimum atomic E-state index is -0.898. The van der Waals surface area contributed by atoms with Gasteiger partial charge in [-0.15, -0.1) is 0 Å². The second-order valence-corrected chi connectivity index (χ2v) is 5.48. The van der Waals surface area contributed by atoms with Crippen LogP contribution in [-0.2, 0) is 11.2 Å². The molecule has 1 aromatic carbocycles. The first-order chi connectivity index (χ1) is 11.1. The van der Waals surface area contributed by atoms with Gasteiger partial charge in [0.15, 0.2) is 5.78 Å². The van der Waals surface area contributed by atoms with E-state index in [0.29, 0.717) is 16.7 Å². The maximum atomic E-state index is 12.9. The van der Waals surface area contributed by atoms with Gasteiger partial charge < -0.3 is 5.11 Å². The fourth-order valence-corrected chi connectivity index (χ4v) is 2.99. The Kier molecular flexibility index (Phi) is 3.94. The van der Waals surface area contributed by atoms with Crippen molar-refractivity contribution in [3.8, 4) is 11.1 Å². The maximum absolute atomic E-state index is 12.9. The molecule has 0 heterocycles. The fourth-order valence-electron chi connectivity index (χ4n) is 2.99. The lowest BCUT2D eigenvalue weighted by Gasteiger charge is -2.03. The normalized spacial score (nSPS) is 10.7. The highest BCUT2D eigenvalue weighted by atomic mass is 16.4. The number of hydrogen-bond donors (Lipinski definition) is 1. The lowest BCUT2D eigenvalue weighted by Crippen LogP contribution is -2.04. The van der Waals surface area contributed by atoms with Gasteiger partial charge in [-0.2, -0.15) is 0 Å². The molecule has 0 bridgehead atoms. The maximum Gasteiger partial charge on any atom is 0.307 e. The Hall–Kier alpha value is -2.94. The van der Waals surface area contributed by atoms with E-state index in [0.717, 1.165) is 16.7 Å². The molecular weight excluding hydrogens is 288 g/mol. The minimum absolute atomic E-state index is 0.0732. The molecule has 0 fully saturated rings. The number of fused-ring (bicyclic) bond motifs is 1. The van der Waals surface area contributed by atoms with E-state index in [-0.39, 0.29) is 12.2 Å². The number of rotatable bonds is 4. The van der Waals surface area contributed by atoms with Crippen molar-refractivity contribution < 1.29 is 14.7 Å². The monoisotopic (exact) mass is 304 g/mol. The molecule has 1 aromatic rings. The molecule has 0 aliphatic heterocycles. The third kappa shape index (κ3) is 2.73. The molecule has 0 aromatic heterocycles. The zero-order valence-electron chi connectivity index (χ0n) is 12.7. The standard InChI is InChI=1S/C20H16O3/c1-13-17(12-18(21)22)15-10-6-3-7-11-16(15)19(13)20(23)14-8-4-2-5-9-14/h2-11H,12H2,1H3,(H,21,22). The summed E-state index contributed by atoms with van der Waals surface area (Å²) in [4.78, 5) is 24.1. The Morgan fingerprint density at radius 3 is 2.04 bits per heavy atom. The number of hydrogen-bond acceptors (Lipinski definition) is 2. The highest BCUT2D eigenvalue weighted by Crippen LogP contribution is 2.37. The summed E-state index contributed by atoms with van der Waals surface area (Å²) in [6.07, 6.45) is -0.0889. The van der Waals surface area contributed by atoms with Gasteiger partial charge in [-0.3, -0.25) is 9.59 Å². The molecule has 0 saturated carbocycles. The summed E-state index contributed by atoms with van der Waals surface area (Å²) < 4.78 is 0. The van der Waals surface area contributed by atoms with Crippen molar-refractivity contribution >= 4 is 11.8 Å². The summed E-state index contributed by atoms with van der Waals surface area (Å²) in [7, 11) is 0. The van der Waals surface area contributed by atoms with Gasteiger partial charge in [-0.05, 0) is 29.2 Å². The zero-order chi connectivity index (χ0) is 16.4. The van der Waals surface area contributed by atoms with Crippen molar-refractivity contribution in [3.63, 3.8) is 0 Å². The second kappa shape index (κ2) is 6.05. The highest BCUT2D eigenvalue weighted by molar-refractivity contribution is 6.15. The van der Waals surface area contributed by atoms with Crippen molar-refractivity contribution in [1.29, 1.82) is 0 Å². The molecule has 3 rings (SSSR count). The zero-order valence-corrected chi connectivity index (χ0v) is 12.7. The average molecular weight is 304 g/mol. The molecule has 3 nitrogen and oxygen atoms in total. The third-order valence-corrected chi connectivity index (χ3v) is 4.05. The Balaban J connectivity index is 2.24. The molecule has 0 spiro atoms. The molecule has 2 aliphatic rings. The van der Waals surface area contributed by atoms with Crippen molar-refractivity contribution in [3.05, 3.63) is 82.9 Å². The van der Waals surface area contributed by atoms with Crippen LogP contribution in [-0.4, -0.2) is 16.9 Å². The van der Waals surface area contributed by atoms with Crippen LogP contribution in [0.4, 0.5) is 0 Å². The molecule has 0 saturated heterocycles. The Morgan fingerprint density at radius 1 is 0.870 bits per heavy atom. The fraction of sp³-hybridized carbons (Fsp3) is 0.100. The molecule has 0 atom stereocenters. The summed E-state index contributed by atoms with van der Waals surface area (Å²) in [5.41, 5.74) is 4.30. The van der Waals surface area contributed by atoms with Crippen LogP contribution in [0.25, 0.3) is 11.1 Å². The van der Waals surface area contributed by atoms with Crippen LogP contribution < -0.4 is 0 Å². The number of carbonyl (C=O) groups is 2. The lowest BCUT2D eigenvalue weighted by molar-refractivity contribution is -0.136. The molecule has 2 aliphatic carbocycles. The SMILES string of the molecule is Cc1c(CC(=O)O)c2cccccc-2c1C(=O)c1ccccc1. The van der Waals surface area contributed by atoms with Gasteiger partial charge in [0.1, 0.15) is 0 Å². The van der Waals surface area contributed by atoms with Gasteiger partial charge in [-0.1, -0.05) is 60.7 Å². The number of carboxylic acids is 1. The number of benzene rings is 1. The molecular formula is C20H16O3. The van der Waals surface area contributed by atoms with E-state index in [9.17, 15) is 14.7 Å². The molecule has 3 heteroatoms. The predicted molar refractivity (Wildman–Crippen MR) is 89.0 cm³/mol. The summed E-state index contributed by atoms with van der Waals surface area (Å²) >= 11 is 0. The molecule has 1 N–H and O–H groups in total. The van der Waals surface area contributed by atoms with E-state index in [1.165, 1.54) is 0 Å². The van der Waals surface area contributed by atoms with Gasteiger partial charge in [-0.25, -0.2) is 0 Å². The van der Waals surface area contributed by atoms with Crippen molar-refractivity contribution in [1.82, 2.24) is 0 Å². The number of carbonyl (C=O) groups excluding carboxylic acids is 1. The summed E-state index contributed by atoms with van der Waals surface area (Å²) in [5, 5.41) is 9.19. The van der Waals surface area contributed by atoms with Crippen LogP contribution in [0.2, 0.25) is 0 Å². The first-order valence-corrected chi connectivity index (χ1v) is 7.41. The first kappa shape index (κ1) is 15.0. The van der Waals surface area contributed by atoms with Gasteiger partial charge in [0, 0.05) is 11.1 Å². The van der Waals surface area contributed by atoms with Crippen LogP contribution in [0.3, 0.4) is 0 Å². The Labute approximate surface area is 134 Å². The topological polar surface area (TPSA) is 54.4 Å². The molecule has 0 unspecified atom stereocenters. The average Bonchev–Trinajstić information content (AvgIpc) is 2.71. The van der Waals surface area contributed by atoms with Gasteiger partial charge in [0.05, 0.1) is 6.42 Å². The molecule has 0 radical (unpaired) electrons. The van der Waals surface area contributed by atoms with E-state index >= 15 is 0 Å². The number of ketones is 1. The van der Waals surface area contributed by atoms with E-state index < -0.39 is 5.97 Å². The summed E-state index contributed by atoms with van der Waals surface area (Å²) in [6, 6.07) is 18.4. The van der Waals surface area contributed by atoms with E-state index in [1.807, 2.05) is 55.5 Å². The smallest absolute Gasteiger partial charge is 0.307 e. The molecule has 114 valence electrons. The first-order valence-electron chi connectivity index (χ1n) is 7.41. The quantitative estimate of drug-likeness (QED) is 0.742. The van der Waals surface area contributed by atoms with Gasteiger partial charge in [0.2, 0.25) is 0 Å². The highest BCUT2D eigenvalue weighted by Gasteiger charge is 2.25. The second-order valence-electron chi connectivity index (χ2n) is 5.48. The summed E-state index contributed by atoms with van der Waals surface area (Å²) in [5.74, 6) is -0.971. The van der Waals surface area contributed by atoms with Crippen LogP contribution in [0.1, 0.15) is 27.0 Å². The Bertz CT molecular complexity index is 850. The van der Waals surface area contributed by atoms with E-state index in [2.05, 4.69) is 0 Å². The largest absolute Gasteiger partial charge is 0.481 e. The Morgan fingerprint density at radius 2 is 1.43 bits per heavy atom. The third-order valence-electron chi connectivity index (χ3n) is 4.05. The van der Waals surface area contributed by atoms with Crippen molar-refractivity contribution in [2.45, 2.75) is 13.3 Å². The summed E-state index contributed by atoms with van der Waals surface area (Å²) in [6.45, 7) is 1.83. The van der Waals surface area contributed by atoms with Crippen molar-refractivity contribution in [2.24, 2.45) is 0 Å². The van der Waals surface area contributed by atoms with Crippen LogP contribution in [0, 0.1) is 6.92 Å². The minimum Gasteiger partial charge on any atom is -0.481 e. The molecule has 23 heavy (non-hydrogen) atoms. The van der Waals surface area contributed by atoms with Crippen LogP contribution in [0.5, 0.6) is 0 Å². The van der Waals surface area contributed by atoms with Crippen molar-refractivity contribution in [2.75, 3.05) is 0 Å². The van der Waals surface area contributed by atoms with Crippen LogP contribution in [0.15, 0.2) is 60.7 Å². The number of aliphatic carboxylic acids is 1. The lowest BCUT2D eigenvalue weighted by atomic mass is 9.99. The van der Waals surface area contributed by atoms with Gasteiger partial charge >= 0.3 is 5.97 Å². The van der Waals surface area contributed by atoms with Crippen LogP contribution >= 0.6 is 0 Å². The number of carboxylic acid groups (broad SMARTS) is 1. The van der Waals surface area contributed by atoms with Gasteiger partial charge in [0.25, 0.3) is 0 Å². The van der Waals surface area contributed by atoms with E-state index in [4.69, 9.17) is 0 Å².